The molecule has 0 amide bonds. The molecule has 0 aromatic heterocycles. The topological polar surface area (TPSA) is 45.9 Å². The fraction of sp³-hybridized carbons (Fsp3) is 0.364. The molecule has 4 heteroatoms. The highest BCUT2D eigenvalue weighted by Gasteiger charge is 2.12. The van der Waals surface area contributed by atoms with E-state index < -0.39 is 0 Å². The zero-order chi connectivity index (χ0) is 11.1. The van der Waals surface area contributed by atoms with E-state index in [4.69, 9.17) is 9.47 Å². The molecule has 1 aromatic carbocycles. The smallest absolute Gasteiger partial charge is 0.344 e. The van der Waals surface area contributed by atoms with Crippen LogP contribution in [0.15, 0.2) is 18.2 Å². The van der Waals surface area contributed by atoms with Crippen molar-refractivity contribution >= 4 is 0 Å². The predicted octanol–water partition coefficient (Wildman–Crippen LogP) is 2.66. The molecule has 0 unspecified atom stereocenters. The summed E-state index contributed by atoms with van der Waals surface area (Å²) in [6, 6.07) is 7.63. The molecule has 1 aromatic rings. The van der Waals surface area contributed by atoms with Gasteiger partial charge in [0, 0.05) is 5.01 Å². The molecule has 15 heavy (non-hydrogen) atoms. The lowest BCUT2D eigenvalue weighted by Gasteiger charge is -2.08. The van der Waals surface area contributed by atoms with E-state index in [0.717, 1.165) is 0 Å². The Labute approximate surface area is 88.8 Å². The van der Waals surface area contributed by atoms with Gasteiger partial charge in [-0.15, -0.1) is 0 Å². The zero-order valence-corrected chi connectivity index (χ0v) is 8.82. The van der Waals surface area contributed by atoms with Gasteiger partial charge in [-0.3, -0.25) is 0 Å². The molecule has 0 aliphatic carbocycles. The van der Waals surface area contributed by atoms with Crippen LogP contribution in [0, 0.1) is 11.3 Å². The van der Waals surface area contributed by atoms with Crippen molar-refractivity contribution in [1.82, 2.24) is 0 Å². The summed E-state index contributed by atoms with van der Waals surface area (Å²) in [5.74, 6) is 1.12. The van der Waals surface area contributed by atoms with Crippen LogP contribution in [0.2, 0.25) is 0 Å². The summed E-state index contributed by atoms with van der Waals surface area (Å²) in [5.41, 5.74) is 0.469. The lowest BCUT2D eigenvalue weighted by molar-refractivity contribution is 0.321. The van der Waals surface area contributed by atoms with E-state index in [1.54, 1.807) is 18.2 Å². The van der Waals surface area contributed by atoms with Gasteiger partial charge < -0.3 is 14.7 Å². The van der Waals surface area contributed by atoms with E-state index in [1.165, 1.54) is 0 Å². The highest BCUT2D eigenvalue weighted by molar-refractivity contribution is 5.54. The van der Waals surface area contributed by atoms with Gasteiger partial charge in [0.25, 0.3) is 0 Å². The van der Waals surface area contributed by atoms with Crippen molar-refractivity contribution in [2.24, 2.45) is 0 Å². The third-order valence-corrected chi connectivity index (χ3v) is 1.75. The van der Waals surface area contributed by atoms with Gasteiger partial charge in [0.05, 0.1) is 13.2 Å². The second-order valence-corrected chi connectivity index (χ2v) is 2.70. The van der Waals surface area contributed by atoms with Crippen LogP contribution in [0.4, 0.5) is 0 Å². The summed E-state index contributed by atoms with van der Waals surface area (Å²) < 4.78 is 10.7. The third-order valence-electron chi connectivity index (χ3n) is 1.75. The van der Waals surface area contributed by atoms with Gasteiger partial charge >= 0.3 is 6.07 Å². The van der Waals surface area contributed by atoms with Crippen molar-refractivity contribution in [3.05, 3.63) is 34.0 Å². The fourth-order valence-corrected chi connectivity index (χ4v) is 1.22. The number of hydrogen-bond donors (Lipinski definition) is 0. The van der Waals surface area contributed by atoms with Crippen LogP contribution in [0.1, 0.15) is 19.4 Å². The van der Waals surface area contributed by atoms with E-state index in [1.807, 2.05) is 13.8 Å². The Hall–Kier alpha value is -1.89. The molecule has 0 N–H and O–H groups in total. The molecule has 80 valence electrons. The summed E-state index contributed by atoms with van der Waals surface area (Å²) >= 11 is 0. The lowest BCUT2D eigenvalue weighted by atomic mass is 10.2. The van der Waals surface area contributed by atoms with Crippen LogP contribution in [0.5, 0.6) is 11.5 Å². The Morgan fingerprint density at radius 1 is 1.20 bits per heavy atom. The van der Waals surface area contributed by atoms with E-state index in [0.29, 0.717) is 30.3 Å². The normalized spacial score (nSPS) is 8.93. The summed E-state index contributed by atoms with van der Waals surface area (Å²) in [4.78, 5) is 0. The highest BCUT2D eigenvalue weighted by Crippen LogP contribution is 2.27. The van der Waals surface area contributed by atoms with Crippen molar-refractivity contribution < 1.29 is 9.47 Å². The molecule has 0 saturated carbocycles. The minimum Gasteiger partial charge on any atom is -0.498 e. The van der Waals surface area contributed by atoms with Crippen molar-refractivity contribution in [3.63, 3.8) is 0 Å². The average Bonchev–Trinajstić information content (AvgIpc) is 2.23. The lowest BCUT2D eigenvalue weighted by Crippen LogP contribution is -1.99. The first-order valence-corrected chi connectivity index (χ1v) is 4.80. The van der Waals surface area contributed by atoms with Crippen LogP contribution >= 0.6 is 0 Å². The maximum absolute atomic E-state index is 10.2. The maximum atomic E-state index is 10.2. The van der Waals surface area contributed by atoms with Crippen molar-refractivity contribution in [2.75, 3.05) is 13.2 Å². The summed E-state index contributed by atoms with van der Waals surface area (Å²) in [7, 11) is 0. The Morgan fingerprint density at radius 3 is 2.13 bits per heavy atom. The van der Waals surface area contributed by atoms with Crippen molar-refractivity contribution in [2.45, 2.75) is 13.8 Å². The van der Waals surface area contributed by atoms with Crippen molar-refractivity contribution in [1.29, 1.82) is 0 Å². The van der Waals surface area contributed by atoms with Crippen LogP contribution in [-0.2, 0) is 0 Å². The van der Waals surface area contributed by atoms with Crippen LogP contribution in [-0.4, -0.2) is 13.2 Å². The largest absolute Gasteiger partial charge is 0.498 e. The van der Waals surface area contributed by atoms with Gasteiger partial charge in [0.2, 0.25) is 0 Å². The molecule has 0 spiro atoms. The van der Waals surface area contributed by atoms with Crippen molar-refractivity contribution in [3.8, 4) is 17.6 Å². The molecule has 0 fully saturated rings. The Kier molecular flexibility index (Phi) is 4.30. The molecular weight excluding hydrogens is 194 g/mol. The number of hydrogen-bond acceptors (Lipinski definition) is 3. The van der Waals surface area contributed by atoms with E-state index >= 15 is 0 Å². The van der Waals surface area contributed by atoms with E-state index in [-0.39, 0.29) is 0 Å². The summed E-state index contributed by atoms with van der Waals surface area (Å²) in [6.45, 7) is 4.77. The van der Waals surface area contributed by atoms with Crippen LogP contribution in [0.25, 0.3) is 5.01 Å². The Morgan fingerprint density at radius 2 is 1.73 bits per heavy atom. The van der Waals surface area contributed by atoms with Gasteiger partial charge in [-0.05, 0) is 26.0 Å². The van der Waals surface area contributed by atoms with Gasteiger partial charge in [-0.1, -0.05) is 6.07 Å². The maximum Gasteiger partial charge on any atom is 0.344 e. The van der Waals surface area contributed by atoms with Gasteiger partial charge in [-0.25, -0.2) is 0 Å². The molecule has 1 rings (SSSR count). The first-order valence-electron chi connectivity index (χ1n) is 4.80. The number of benzene rings is 1. The summed E-state index contributed by atoms with van der Waals surface area (Å²) in [6.07, 6.45) is 0. The van der Waals surface area contributed by atoms with E-state index in [2.05, 4.69) is 11.1 Å². The Bertz CT molecular complexity index is 355. The molecule has 0 bridgehead atoms. The molecule has 0 saturated heterocycles. The van der Waals surface area contributed by atoms with Crippen LogP contribution in [0.3, 0.4) is 0 Å². The molecule has 0 aliphatic heterocycles. The second-order valence-electron chi connectivity index (χ2n) is 2.70. The number of ether oxygens (including phenoxy) is 2. The molecular formula is C11H13NO3. The monoisotopic (exact) mass is 207 g/mol. The molecule has 0 aliphatic rings. The highest BCUT2D eigenvalue weighted by atomic mass is 16.5. The fourth-order valence-electron chi connectivity index (χ4n) is 1.22. The minimum absolute atomic E-state index is 0.469. The van der Waals surface area contributed by atoms with E-state index in [9.17, 15) is 5.21 Å². The Balaban J connectivity index is 3.13. The van der Waals surface area contributed by atoms with Crippen LogP contribution < -0.4 is 9.47 Å². The molecule has 0 radical (unpaired) electrons. The quantitative estimate of drug-likeness (QED) is 0.713. The summed E-state index contributed by atoms with van der Waals surface area (Å²) in [5, 5.41) is 12.8. The second kappa shape index (κ2) is 5.76. The average molecular weight is 207 g/mol. The van der Waals surface area contributed by atoms with Gasteiger partial charge in [-0.2, -0.15) is 0 Å². The standard InChI is InChI=1S/C11H13NO3/c1-3-14-10-6-5-7-11(15-4-2)9(10)8-12-13/h5-7H,3-4H2,1-2H3. The predicted molar refractivity (Wildman–Crippen MR) is 58.5 cm³/mol. The zero-order valence-electron chi connectivity index (χ0n) is 8.82. The molecule has 0 heterocycles. The number of nitrogens with zero attached hydrogens (tertiary/aromatic N) is 1. The third kappa shape index (κ3) is 2.78. The molecule has 4 nitrogen and oxygen atoms in total. The van der Waals surface area contributed by atoms with Gasteiger partial charge in [0.15, 0.2) is 5.56 Å². The minimum atomic E-state index is 0.469. The molecule has 0 atom stereocenters. The number of rotatable bonds is 4. The first kappa shape index (κ1) is 11.2. The SMILES string of the molecule is CCOc1cccc(OCC)c1C#[N+][O-]. The van der Waals surface area contributed by atoms with Gasteiger partial charge in [0.1, 0.15) is 11.5 Å². The first-order chi connectivity index (χ1) is 7.33.